The van der Waals surface area contributed by atoms with E-state index in [0.717, 1.165) is 10.5 Å². The maximum atomic E-state index is 12.6. The van der Waals surface area contributed by atoms with E-state index in [1.54, 1.807) is 31.7 Å². The maximum Gasteiger partial charge on any atom is 0.338 e. The summed E-state index contributed by atoms with van der Waals surface area (Å²) in [4.78, 5) is 13.1. The molecule has 0 aliphatic heterocycles. The molecule has 2 rings (SSSR count). The molecule has 0 fully saturated rings. The number of sulfonamides is 1. The quantitative estimate of drug-likeness (QED) is 0.391. The number of aryl methyl sites for hydroxylation is 1. The van der Waals surface area contributed by atoms with Crippen molar-refractivity contribution in [2.75, 3.05) is 19.4 Å². The Morgan fingerprint density at radius 3 is 2.36 bits per heavy atom. The summed E-state index contributed by atoms with van der Waals surface area (Å²) in [5.74, 6) is 0.548. The van der Waals surface area contributed by atoms with Gasteiger partial charge in [-0.2, -0.15) is 0 Å². The van der Waals surface area contributed by atoms with Crippen LogP contribution in [0.15, 0.2) is 46.2 Å². The molecule has 0 spiro atoms. The van der Waals surface area contributed by atoms with Crippen LogP contribution in [-0.2, 0) is 14.8 Å². The molecule has 0 aromatic heterocycles. The van der Waals surface area contributed by atoms with Crippen LogP contribution >= 0.6 is 11.8 Å². The number of rotatable bonds is 8. The van der Waals surface area contributed by atoms with Gasteiger partial charge in [-0.15, -0.1) is 11.8 Å². The zero-order chi connectivity index (χ0) is 20.9. The van der Waals surface area contributed by atoms with Crippen LogP contribution in [0.25, 0.3) is 0 Å². The third-order valence-corrected chi connectivity index (χ3v) is 7.02. The van der Waals surface area contributed by atoms with E-state index in [1.165, 1.54) is 18.7 Å². The molecular weight excluding hydrogens is 394 g/mol. The number of thioether (sulfide) groups is 1. The number of carbonyl (C=O) groups is 1. The SMILES string of the molecule is COC(=O)c1cc(S(=O)(=O)NCCSc2ccc(C(C)C)cc2)cc(C)c1C. The Kier molecular flexibility index (Phi) is 7.69. The van der Waals surface area contributed by atoms with Gasteiger partial charge >= 0.3 is 5.97 Å². The minimum atomic E-state index is -3.71. The predicted octanol–water partition coefficient (Wildman–Crippen LogP) is 4.28. The molecule has 2 aromatic rings. The fourth-order valence-electron chi connectivity index (χ4n) is 2.68. The minimum absolute atomic E-state index is 0.0716. The van der Waals surface area contributed by atoms with Gasteiger partial charge in [0.25, 0.3) is 0 Å². The Balaban J connectivity index is 2.02. The Morgan fingerprint density at radius 1 is 1.14 bits per heavy atom. The van der Waals surface area contributed by atoms with E-state index in [2.05, 4.69) is 42.8 Å². The molecule has 152 valence electrons. The lowest BCUT2D eigenvalue weighted by Crippen LogP contribution is -2.26. The van der Waals surface area contributed by atoms with Crippen molar-refractivity contribution in [3.8, 4) is 0 Å². The van der Waals surface area contributed by atoms with E-state index in [0.29, 0.717) is 23.8 Å². The minimum Gasteiger partial charge on any atom is -0.465 e. The molecule has 0 unspecified atom stereocenters. The van der Waals surface area contributed by atoms with E-state index < -0.39 is 16.0 Å². The Bertz CT molecular complexity index is 936. The predicted molar refractivity (Wildman–Crippen MR) is 114 cm³/mol. The molecule has 2 aromatic carbocycles. The highest BCUT2D eigenvalue weighted by atomic mass is 32.2. The molecule has 0 atom stereocenters. The molecule has 1 N–H and O–H groups in total. The molecule has 0 amide bonds. The van der Waals surface area contributed by atoms with Crippen molar-refractivity contribution in [1.82, 2.24) is 4.72 Å². The second kappa shape index (κ2) is 9.58. The van der Waals surface area contributed by atoms with Crippen LogP contribution in [0.1, 0.15) is 46.8 Å². The third kappa shape index (κ3) is 5.59. The van der Waals surface area contributed by atoms with E-state index in [1.807, 2.05) is 0 Å². The largest absolute Gasteiger partial charge is 0.465 e. The molecule has 0 aliphatic rings. The fourth-order valence-corrected chi connectivity index (χ4v) is 4.72. The van der Waals surface area contributed by atoms with Crippen molar-refractivity contribution >= 4 is 27.8 Å². The Labute approximate surface area is 171 Å². The molecule has 0 saturated carbocycles. The lowest BCUT2D eigenvalue weighted by molar-refractivity contribution is 0.0599. The van der Waals surface area contributed by atoms with Crippen molar-refractivity contribution in [2.45, 2.75) is 43.4 Å². The summed E-state index contributed by atoms with van der Waals surface area (Å²) in [6.07, 6.45) is 0. The number of ether oxygens (including phenoxy) is 1. The first kappa shape index (κ1) is 22.5. The highest BCUT2D eigenvalue weighted by Gasteiger charge is 2.19. The smallest absolute Gasteiger partial charge is 0.338 e. The molecule has 0 aliphatic carbocycles. The zero-order valence-electron chi connectivity index (χ0n) is 16.9. The van der Waals surface area contributed by atoms with Gasteiger partial charge < -0.3 is 4.74 Å². The van der Waals surface area contributed by atoms with Crippen molar-refractivity contribution in [3.63, 3.8) is 0 Å². The first-order chi connectivity index (χ1) is 13.2. The number of hydrogen-bond acceptors (Lipinski definition) is 5. The first-order valence-electron chi connectivity index (χ1n) is 9.07. The van der Waals surface area contributed by atoms with Crippen molar-refractivity contribution in [1.29, 1.82) is 0 Å². The normalized spacial score (nSPS) is 11.6. The van der Waals surface area contributed by atoms with Crippen LogP contribution in [0.4, 0.5) is 0 Å². The lowest BCUT2D eigenvalue weighted by Gasteiger charge is -2.12. The van der Waals surface area contributed by atoms with Gasteiger partial charge in [-0.3, -0.25) is 0 Å². The van der Waals surface area contributed by atoms with Gasteiger partial charge in [0.1, 0.15) is 0 Å². The molecule has 0 saturated heterocycles. The van der Waals surface area contributed by atoms with Crippen molar-refractivity contribution in [3.05, 3.63) is 58.7 Å². The highest BCUT2D eigenvalue weighted by Crippen LogP contribution is 2.23. The van der Waals surface area contributed by atoms with Crippen LogP contribution in [-0.4, -0.2) is 33.8 Å². The Morgan fingerprint density at radius 2 is 1.79 bits per heavy atom. The van der Waals surface area contributed by atoms with Crippen molar-refractivity contribution in [2.24, 2.45) is 0 Å². The summed E-state index contributed by atoms with van der Waals surface area (Å²) >= 11 is 1.59. The van der Waals surface area contributed by atoms with Crippen LogP contribution in [0.2, 0.25) is 0 Å². The summed E-state index contributed by atoms with van der Waals surface area (Å²) in [6.45, 7) is 8.13. The topological polar surface area (TPSA) is 72.5 Å². The number of esters is 1. The molecule has 28 heavy (non-hydrogen) atoms. The van der Waals surface area contributed by atoms with Gasteiger partial charge in [-0.05, 0) is 60.7 Å². The third-order valence-electron chi connectivity index (χ3n) is 4.57. The summed E-state index contributed by atoms with van der Waals surface area (Å²) in [5.41, 5.74) is 2.98. The summed E-state index contributed by atoms with van der Waals surface area (Å²) in [5, 5.41) is 0. The van der Waals surface area contributed by atoms with E-state index in [-0.39, 0.29) is 10.5 Å². The van der Waals surface area contributed by atoms with Gasteiger partial charge in [-0.1, -0.05) is 26.0 Å². The molecular formula is C21H27NO4S2. The number of methoxy groups -OCH3 is 1. The van der Waals surface area contributed by atoms with Crippen LogP contribution in [0.3, 0.4) is 0 Å². The van der Waals surface area contributed by atoms with Gasteiger partial charge in [0.2, 0.25) is 10.0 Å². The van der Waals surface area contributed by atoms with E-state index in [4.69, 9.17) is 4.74 Å². The number of hydrogen-bond donors (Lipinski definition) is 1. The molecule has 5 nitrogen and oxygen atoms in total. The first-order valence-corrected chi connectivity index (χ1v) is 11.5. The maximum absolute atomic E-state index is 12.6. The van der Waals surface area contributed by atoms with E-state index >= 15 is 0 Å². The molecule has 0 radical (unpaired) electrons. The van der Waals surface area contributed by atoms with Crippen LogP contribution < -0.4 is 4.72 Å². The summed E-state index contributed by atoms with van der Waals surface area (Å²) in [7, 11) is -2.43. The lowest BCUT2D eigenvalue weighted by atomic mass is 10.0. The second-order valence-electron chi connectivity index (χ2n) is 6.87. The van der Waals surface area contributed by atoms with Crippen molar-refractivity contribution < 1.29 is 17.9 Å². The van der Waals surface area contributed by atoms with Gasteiger partial charge in [0.05, 0.1) is 17.6 Å². The summed E-state index contributed by atoms with van der Waals surface area (Å²) < 4.78 is 32.6. The van der Waals surface area contributed by atoms with Gasteiger partial charge in [0.15, 0.2) is 0 Å². The average Bonchev–Trinajstić information content (AvgIpc) is 2.66. The van der Waals surface area contributed by atoms with Crippen LogP contribution in [0.5, 0.6) is 0 Å². The van der Waals surface area contributed by atoms with Gasteiger partial charge in [-0.25, -0.2) is 17.9 Å². The van der Waals surface area contributed by atoms with Crippen LogP contribution in [0, 0.1) is 13.8 Å². The second-order valence-corrected chi connectivity index (χ2v) is 9.81. The van der Waals surface area contributed by atoms with Gasteiger partial charge in [0, 0.05) is 17.2 Å². The number of nitrogens with one attached hydrogen (secondary N) is 1. The zero-order valence-corrected chi connectivity index (χ0v) is 18.5. The Hall–Kier alpha value is -1.83. The monoisotopic (exact) mass is 421 g/mol. The average molecular weight is 422 g/mol. The highest BCUT2D eigenvalue weighted by molar-refractivity contribution is 7.99. The molecule has 7 heteroatoms. The number of carbonyl (C=O) groups excluding carboxylic acids is 1. The molecule has 0 heterocycles. The standard InChI is InChI=1S/C21H27NO4S2/c1-14(2)17-6-8-18(9-7-17)27-11-10-22-28(24,25)19-12-15(3)16(4)20(13-19)21(23)26-5/h6-9,12-14,22H,10-11H2,1-5H3. The number of benzene rings is 2. The molecule has 0 bridgehead atoms. The fraction of sp³-hybridized carbons (Fsp3) is 0.381. The summed E-state index contributed by atoms with van der Waals surface area (Å²) in [6, 6.07) is 11.2. The van der Waals surface area contributed by atoms with E-state index in [9.17, 15) is 13.2 Å².